The summed E-state index contributed by atoms with van der Waals surface area (Å²) in [5, 5.41) is 3.83. The average Bonchev–Trinajstić information content (AvgIpc) is 2.94. The standard InChI is InChI=1S/C13H11ClN2O5S2/c1-21-12(17)11-9(6-7-22-11)15-13(18)16-23(19,20)10-5-3-2-4-8(10)14/h2-7H,1H3,(H2,15,16,18). The van der Waals surface area contributed by atoms with Gasteiger partial charge >= 0.3 is 12.0 Å². The van der Waals surface area contributed by atoms with Crippen LogP contribution in [0.3, 0.4) is 0 Å². The van der Waals surface area contributed by atoms with Gasteiger partial charge in [0.2, 0.25) is 0 Å². The lowest BCUT2D eigenvalue weighted by Crippen LogP contribution is -2.34. The fourth-order valence-corrected chi connectivity index (χ4v) is 3.84. The van der Waals surface area contributed by atoms with Crippen molar-refractivity contribution in [1.29, 1.82) is 0 Å². The molecule has 1 aromatic carbocycles. The Morgan fingerprint density at radius 1 is 1.22 bits per heavy atom. The van der Waals surface area contributed by atoms with Crippen molar-refractivity contribution in [2.75, 3.05) is 12.4 Å². The molecule has 0 aliphatic rings. The van der Waals surface area contributed by atoms with Gasteiger partial charge in [-0.2, -0.15) is 0 Å². The molecule has 0 aliphatic heterocycles. The van der Waals surface area contributed by atoms with E-state index in [-0.39, 0.29) is 20.5 Å². The summed E-state index contributed by atoms with van der Waals surface area (Å²) >= 11 is 6.86. The summed E-state index contributed by atoms with van der Waals surface area (Å²) in [6.07, 6.45) is 0. The highest BCUT2D eigenvalue weighted by molar-refractivity contribution is 7.90. The van der Waals surface area contributed by atoms with Gasteiger partial charge < -0.3 is 10.1 Å². The van der Waals surface area contributed by atoms with E-state index in [1.54, 1.807) is 11.4 Å². The number of carbonyl (C=O) groups excluding carboxylic acids is 2. The van der Waals surface area contributed by atoms with Crippen molar-refractivity contribution < 1.29 is 22.7 Å². The molecule has 0 bridgehead atoms. The van der Waals surface area contributed by atoms with Gasteiger partial charge in [0.1, 0.15) is 9.77 Å². The number of anilines is 1. The zero-order valence-electron chi connectivity index (χ0n) is 11.7. The number of urea groups is 1. The van der Waals surface area contributed by atoms with Crippen LogP contribution >= 0.6 is 22.9 Å². The fourth-order valence-electron chi connectivity index (χ4n) is 1.65. The predicted molar refractivity (Wildman–Crippen MR) is 86.5 cm³/mol. The van der Waals surface area contributed by atoms with E-state index in [1.807, 2.05) is 4.72 Å². The van der Waals surface area contributed by atoms with Crippen LogP contribution in [0.5, 0.6) is 0 Å². The van der Waals surface area contributed by atoms with Gasteiger partial charge in [0, 0.05) is 0 Å². The first-order chi connectivity index (χ1) is 10.8. The first-order valence-electron chi connectivity index (χ1n) is 6.09. The molecule has 0 radical (unpaired) electrons. The number of benzene rings is 1. The molecule has 0 atom stereocenters. The third-order valence-electron chi connectivity index (χ3n) is 2.64. The summed E-state index contributed by atoms with van der Waals surface area (Å²) in [6.45, 7) is 0. The molecule has 122 valence electrons. The first-order valence-corrected chi connectivity index (χ1v) is 8.83. The molecule has 0 unspecified atom stereocenters. The molecule has 0 saturated heterocycles. The zero-order valence-corrected chi connectivity index (χ0v) is 14.1. The van der Waals surface area contributed by atoms with Gasteiger partial charge in [-0.25, -0.2) is 22.7 Å². The minimum atomic E-state index is -4.14. The van der Waals surface area contributed by atoms with Crippen LogP contribution in [0.1, 0.15) is 9.67 Å². The lowest BCUT2D eigenvalue weighted by molar-refractivity contribution is 0.0607. The Morgan fingerprint density at radius 2 is 1.91 bits per heavy atom. The molecule has 2 aromatic rings. The summed E-state index contributed by atoms with van der Waals surface area (Å²) in [5.74, 6) is -0.635. The number of amides is 2. The zero-order chi connectivity index (χ0) is 17.0. The lowest BCUT2D eigenvalue weighted by atomic mass is 10.4. The quantitative estimate of drug-likeness (QED) is 0.801. The van der Waals surface area contributed by atoms with E-state index in [0.717, 1.165) is 11.3 Å². The van der Waals surface area contributed by atoms with E-state index in [9.17, 15) is 18.0 Å². The van der Waals surface area contributed by atoms with Crippen molar-refractivity contribution in [3.8, 4) is 0 Å². The molecule has 2 amide bonds. The van der Waals surface area contributed by atoms with Crippen LogP contribution in [-0.2, 0) is 14.8 Å². The van der Waals surface area contributed by atoms with Gasteiger partial charge in [-0.3, -0.25) is 0 Å². The Hall–Kier alpha value is -2.10. The Balaban J connectivity index is 2.16. The molecule has 0 saturated carbocycles. The van der Waals surface area contributed by atoms with Crippen LogP contribution in [0.4, 0.5) is 10.5 Å². The molecule has 23 heavy (non-hydrogen) atoms. The topological polar surface area (TPSA) is 102 Å². The van der Waals surface area contributed by atoms with E-state index in [1.165, 1.54) is 31.4 Å². The Bertz CT molecular complexity index is 848. The molecule has 7 nitrogen and oxygen atoms in total. The fraction of sp³-hybridized carbons (Fsp3) is 0.0769. The Labute approximate surface area is 141 Å². The lowest BCUT2D eigenvalue weighted by Gasteiger charge is -2.09. The summed E-state index contributed by atoms with van der Waals surface area (Å²) in [5.41, 5.74) is 0.147. The number of nitrogens with one attached hydrogen (secondary N) is 2. The predicted octanol–water partition coefficient (Wildman–Crippen LogP) is 2.70. The summed E-state index contributed by atoms with van der Waals surface area (Å²) in [7, 11) is -2.94. The highest BCUT2D eigenvalue weighted by Crippen LogP contribution is 2.24. The Kier molecular flexibility index (Phi) is 5.24. The van der Waals surface area contributed by atoms with Gasteiger partial charge in [-0.15, -0.1) is 11.3 Å². The molecule has 0 fully saturated rings. The van der Waals surface area contributed by atoms with Crippen molar-refractivity contribution >= 4 is 50.6 Å². The molecule has 1 aromatic heterocycles. The maximum atomic E-state index is 12.1. The SMILES string of the molecule is COC(=O)c1sccc1NC(=O)NS(=O)(=O)c1ccccc1Cl. The number of sulfonamides is 1. The number of rotatable bonds is 4. The third kappa shape index (κ3) is 4.01. The summed E-state index contributed by atoms with van der Waals surface area (Å²) < 4.78 is 30.6. The Morgan fingerprint density at radius 3 is 2.57 bits per heavy atom. The van der Waals surface area contributed by atoms with Crippen LogP contribution in [0, 0.1) is 0 Å². The number of esters is 1. The number of halogens is 1. The summed E-state index contributed by atoms with van der Waals surface area (Å²) in [4.78, 5) is 23.3. The van der Waals surface area contributed by atoms with E-state index >= 15 is 0 Å². The minimum absolute atomic E-state index is 0.0152. The van der Waals surface area contributed by atoms with E-state index in [0.29, 0.717) is 0 Å². The molecule has 10 heteroatoms. The molecule has 2 rings (SSSR count). The normalized spacial score (nSPS) is 10.9. The van der Waals surface area contributed by atoms with Gasteiger partial charge in [0.15, 0.2) is 0 Å². The van der Waals surface area contributed by atoms with Gasteiger partial charge in [0.05, 0.1) is 17.8 Å². The molecule has 0 spiro atoms. The van der Waals surface area contributed by atoms with Crippen molar-refractivity contribution in [1.82, 2.24) is 4.72 Å². The molecular formula is C13H11ClN2O5S2. The van der Waals surface area contributed by atoms with Crippen molar-refractivity contribution in [3.63, 3.8) is 0 Å². The van der Waals surface area contributed by atoms with Crippen LogP contribution in [0.2, 0.25) is 5.02 Å². The smallest absolute Gasteiger partial charge is 0.350 e. The van der Waals surface area contributed by atoms with Crippen LogP contribution in [0.25, 0.3) is 0 Å². The third-order valence-corrected chi connectivity index (χ3v) is 5.36. The number of methoxy groups -OCH3 is 1. The second-order valence-corrected chi connectivity index (χ2v) is 7.12. The van der Waals surface area contributed by atoms with Crippen molar-refractivity contribution in [2.45, 2.75) is 4.90 Å². The molecule has 0 aliphatic carbocycles. The number of hydrogen-bond acceptors (Lipinski definition) is 6. The van der Waals surface area contributed by atoms with Crippen LogP contribution in [-0.4, -0.2) is 27.5 Å². The molecular weight excluding hydrogens is 364 g/mol. The minimum Gasteiger partial charge on any atom is -0.465 e. The van der Waals surface area contributed by atoms with Gasteiger partial charge in [-0.05, 0) is 23.6 Å². The second-order valence-electron chi connectivity index (χ2n) is 4.15. The second kappa shape index (κ2) is 6.99. The largest absolute Gasteiger partial charge is 0.465 e. The number of carbonyl (C=O) groups is 2. The molecule has 1 heterocycles. The number of ether oxygens (including phenoxy) is 1. The van der Waals surface area contributed by atoms with E-state index in [2.05, 4.69) is 10.1 Å². The monoisotopic (exact) mass is 374 g/mol. The van der Waals surface area contributed by atoms with Crippen LogP contribution in [0.15, 0.2) is 40.6 Å². The average molecular weight is 375 g/mol. The van der Waals surface area contributed by atoms with Gasteiger partial charge in [-0.1, -0.05) is 23.7 Å². The first kappa shape index (κ1) is 17.3. The number of thiophene rings is 1. The summed E-state index contributed by atoms with van der Waals surface area (Å²) in [6, 6.07) is 6.14. The van der Waals surface area contributed by atoms with Gasteiger partial charge in [0.25, 0.3) is 10.0 Å². The highest BCUT2D eigenvalue weighted by Gasteiger charge is 2.22. The van der Waals surface area contributed by atoms with E-state index < -0.39 is 22.0 Å². The highest BCUT2D eigenvalue weighted by atomic mass is 35.5. The van der Waals surface area contributed by atoms with Crippen molar-refractivity contribution in [3.05, 3.63) is 45.6 Å². The molecule has 2 N–H and O–H groups in total. The van der Waals surface area contributed by atoms with Crippen molar-refractivity contribution in [2.24, 2.45) is 0 Å². The maximum absolute atomic E-state index is 12.1. The number of hydrogen-bond donors (Lipinski definition) is 2. The maximum Gasteiger partial charge on any atom is 0.350 e. The van der Waals surface area contributed by atoms with Crippen LogP contribution < -0.4 is 10.0 Å². The van der Waals surface area contributed by atoms with E-state index in [4.69, 9.17) is 11.6 Å².